The Morgan fingerprint density at radius 3 is 2.62 bits per heavy atom. The topological polar surface area (TPSA) is 46.6 Å². The molecule has 26 heavy (non-hydrogen) atoms. The zero-order chi connectivity index (χ0) is 18.5. The molecule has 0 aliphatic carbocycles. The number of esters is 1. The molecule has 0 N–H and O–H groups in total. The summed E-state index contributed by atoms with van der Waals surface area (Å²) in [4.78, 5) is 26.3. The van der Waals surface area contributed by atoms with Crippen LogP contribution in [0, 0.1) is 11.8 Å². The van der Waals surface area contributed by atoms with Gasteiger partial charge in [-0.1, -0.05) is 30.0 Å². The smallest absolute Gasteiger partial charge is 0.328 e. The molecule has 4 nitrogen and oxygen atoms in total. The molecule has 0 aromatic heterocycles. The Labute approximate surface area is 153 Å². The van der Waals surface area contributed by atoms with Gasteiger partial charge in [-0.15, -0.1) is 0 Å². The van der Waals surface area contributed by atoms with Gasteiger partial charge in [-0.3, -0.25) is 4.79 Å². The Bertz CT molecular complexity index is 877. The summed E-state index contributed by atoms with van der Waals surface area (Å²) in [6.07, 6.45) is 0.700. The molecule has 1 amide bonds. The Kier molecular flexibility index (Phi) is 5.38. The number of carbonyl (C=O) groups excluding carboxylic acids is 2. The van der Waals surface area contributed by atoms with Gasteiger partial charge in [0.2, 0.25) is 0 Å². The average Bonchev–Trinajstić information content (AvgIpc) is 2.67. The van der Waals surface area contributed by atoms with Crippen molar-refractivity contribution in [1.82, 2.24) is 4.90 Å². The Balaban J connectivity index is 1.79. The molecule has 1 unspecified atom stereocenters. The van der Waals surface area contributed by atoms with Crippen LogP contribution in [0.3, 0.4) is 0 Å². The van der Waals surface area contributed by atoms with Crippen LogP contribution >= 0.6 is 0 Å². The number of ether oxygens (including phenoxy) is 1. The third-order valence-corrected chi connectivity index (χ3v) is 4.44. The normalized spacial score (nSPS) is 14.1. The van der Waals surface area contributed by atoms with Gasteiger partial charge in [-0.2, -0.15) is 0 Å². The fourth-order valence-corrected chi connectivity index (χ4v) is 3.01. The molecular formula is C22H21NO3. The zero-order valence-electron chi connectivity index (χ0n) is 15.0. The number of hydrogen-bond acceptors (Lipinski definition) is 3. The summed E-state index contributed by atoms with van der Waals surface area (Å²) in [6, 6.07) is 14.8. The lowest BCUT2D eigenvalue weighted by Crippen LogP contribution is -2.47. The predicted molar refractivity (Wildman–Crippen MR) is 99.7 cm³/mol. The highest BCUT2D eigenvalue weighted by molar-refractivity contribution is 5.99. The van der Waals surface area contributed by atoms with Gasteiger partial charge in [0, 0.05) is 23.2 Å². The fourth-order valence-electron chi connectivity index (χ4n) is 3.01. The van der Waals surface area contributed by atoms with E-state index in [1.165, 1.54) is 0 Å². The SMILES string of the molecule is CCOC(=O)C(C)N1CCc2cc(C#Cc3ccccc3)ccc2C1=O. The van der Waals surface area contributed by atoms with E-state index in [0.29, 0.717) is 25.1 Å². The number of carbonyl (C=O) groups is 2. The highest BCUT2D eigenvalue weighted by atomic mass is 16.5. The lowest BCUT2D eigenvalue weighted by Gasteiger charge is -2.32. The van der Waals surface area contributed by atoms with Crippen molar-refractivity contribution in [2.75, 3.05) is 13.2 Å². The van der Waals surface area contributed by atoms with Crippen LogP contribution < -0.4 is 0 Å². The van der Waals surface area contributed by atoms with Crippen molar-refractivity contribution in [1.29, 1.82) is 0 Å². The van der Waals surface area contributed by atoms with E-state index in [-0.39, 0.29) is 11.9 Å². The maximum Gasteiger partial charge on any atom is 0.328 e. The third kappa shape index (κ3) is 3.78. The maximum atomic E-state index is 12.7. The molecule has 0 saturated carbocycles. The highest BCUT2D eigenvalue weighted by Gasteiger charge is 2.31. The van der Waals surface area contributed by atoms with Crippen molar-refractivity contribution in [3.8, 4) is 11.8 Å². The van der Waals surface area contributed by atoms with Crippen LogP contribution in [0.4, 0.5) is 0 Å². The molecule has 0 saturated heterocycles. The Morgan fingerprint density at radius 1 is 1.15 bits per heavy atom. The second-order valence-electron chi connectivity index (χ2n) is 6.16. The van der Waals surface area contributed by atoms with Crippen molar-refractivity contribution in [2.45, 2.75) is 26.3 Å². The van der Waals surface area contributed by atoms with Gasteiger partial charge >= 0.3 is 5.97 Å². The first kappa shape index (κ1) is 17.8. The molecule has 1 atom stereocenters. The van der Waals surface area contributed by atoms with E-state index < -0.39 is 6.04 Å². The molecule has 2 aromatic rings. The van der Waals surface area contributed by atoms with E-state index in [1.807, 2.05) is 42.5 Å². The van der Waals surface area contributed by atoms with Crippen LogP contribution in [0.25, 0.3) is 0 Å². The molecule has 0 bridgehead atoms. The first-order valence-corrected chi connectivity index (χ1v) is 8.77. The molecule has 0 fully saturated rings. The van der Waals surface area contributed by atoms with E-state index in [0.717, 1.165) is 16.7 Å². The van der Waals surface area contributed by atoms with Crippen LogP contribution in [-0.2, 0) is 16.0 Å². The van der Waals surface area contributed by atoms with E-state index in [4.69, 9.17) is 4.74 Å². The van der Waals surface area contributed by atoms with Crippen molar-refractivity contribution in [3.63, 3.8) is 0 Å². The van der Waals surface area contributed by atoms with Crippen molar-refractivity contribution >= 4 is 11.9 Å². The van der Waals surface area contributed by atoms with Gasteiger partial charge in [0.1, 0.15) is 6.04 Å². The summed E-state index contributed by atoms with van der Waals surface area (Å²) in [5, 5.41) is 0. The number of benzene rings is 2. The van der Waals surface area contributed by atoms with E-state index >= 15 is 0 Å². The number of rotatable bonds is 3. The summed E-state index contributed by atoms with van der Waals surface area (Å²) < 4.78 is 5.04. The highest BCUT2D eigenvalue weighted by Crippen LogP contribution is 2.22. The summed E-state index contributed by atoms with van der Waals surface area (Å²) in [7, 11) is 0. The van der Waals surface area contributed by atoms with Gasteiger partial charge in [0.15, 0.2) is 0 Å². The van der Waals surface area contributed by atoms with Crippen LogP contribution in [0.15, 0.2) is 48.5 Å². The first-order valence-electron chi connectivity index (χ1n) is 8.77. The number of nitrogens with zero attached hydrogens (tertiary/aromatic N) is 1. The standard InChI is InChI=1S/C22H21NO3/c1-3-26-22(25)16(2)23-14-13-19-15-18(11-12-20(19)21(23)24)10-9-17-7-5-4-6-8-17/h4-8,11-12,15-16H,3,13-14H2,1-2H3. The molecule has 2 aromatic carbocycles. The number of amides is 1. The average molecular weight is 347 g/mol. The van der Waals surface area contributed by atoms with Gasteiger partial charge < -0.3 is 9.64 Å². The summed E-state index contributed by atoms with van der Waals surface area (Å²) >= 11 is 0. The number of hydrogen-bond donors (Lipinski definition) is 0. The monoisotopic (exact) mass is 347 g/mol. The van der Waals surface area contributed by atoms with Crippen molar-refractivity contribution in [2.24, 2.45) is 0 Å². The third-order valence-electron chi connectivity index (χ3n) is 4.44. The molecule has 3 rings (SSSR count). The zero-order valence-corrected chi connectivity index (χ0v) is 15.0. The molecule has 1 aliphatic heterocycles. The maximum absolute atomic E-state index is 12.7. The van der Waals surface area contributed by atoms with Crippen molar-refractivity contribution in [3.05, 3.63) is 70.8 Å². The van der Waals surface area contributed by atoms with Gasteiger partial charge in [0.25, 0.3) is 5.91 Å². The molecule has 0 spiro atoms. The molecular weight excluding hydrogens is 326 g/mol. The lowest BCUT2D eigenvalue weighted by molar-refractivity contribution is -0.148. The summed E-state index contributed by atoms with van der Waals surface area (Å²) in [6.45, 7) is 4.28. The Hall–Kier alpha value is -3.06. The molecule has 0 radical (unpaired) electrons. The summed E-state index contributed by atoms with van der Waals surface area (Å²) in [5.41, 5.74) is 3.45. The molecule has 1 aliphatic rings. The molecule has 132 valence electrons. The second-order valence-corrected chi connectivity index (χ2v) is 6.16. The molecule has 1 heterocycles. The van der Waals surface area contributed by atoms with Crippen molar-refractivity contribution < 1.29 is 14.3 Å². The fraction of sp³-hybridized carbons (Fsp3) is 0.273. The number of fused-ring (bicyclic) bond motifs is 1. The van der Waals surface area contributed by atoms with Gasteiger partial charge in [-0.05, 0) is 56.2 Å². The Morgan fingerprint density at radius 2 is 1.88 bits per heavy atom. The minimum Gasteiger partial charge on any atom is -0.464 e. The molecule has 4 heteroatoms. The van der Waals surface area contributed by atoms with E-state index in [1.54, 1.807) is 24.8 Å². The van der Waals surface area contributed by atoms with Crippen LogP contribution in [0.2, 0.25) is 0 Å². The minimum atomic E-state index is -0.576. The quantitative estimate of drug-likeness (QED) is 0.633. The largest absolute Gasteiger partial charge is 0.464 e. The van der Waals surface area contributed by atoms with Gasteiger partial charge in [-0.25, -0.2) is 4.79 Å². The second kappa shape index (κ2) is 7.88. The van der Waals surface area contributed by atoms with Crippen LogP contribution in [0.1, 0.15) is 40.9 Å². The first-order chi connectivity index (χ1) is 12.6. The minimum absolute atomic E-state index is 0.130. The lowest BCUT2D eigenvalue weighted by atomic mass is 9.95. The van der Waals surface area contributed by atoms with Gasteiger partial charge in [0.05, 0.1) is 6.61 Å². The van der Waals surface area contributed by atoms with E-state index in [9.17, 15) is 9.59 Å². The van der Waals surface area contributed by atoms with Crippen LogP contribution in [-0.4, -0.2) is 36.0 Å². The summed E-state index contributed by atoms with van der Waals surface area (Å²) in [5.74, 6) is 5.78. The van der Waals surface area contributed by atoms with E-state index in [2.05, 4.69) is 11.8 Å². The van der Waals surface area contributed by atoms with Crippen LogP contribution in [0.5, 0.6) is 0 Å². The predicted octanol–water partition coefficient (Wildman–Crippen LogP) is 3.04.